The predicted octanol–water partition coefficient (Wildman–Crippen LogP) is 4.06. The van der Waals surface area contributed by atoms with Gasteiger partial charge in [0.1, 0.15) is 11.6 Å². The number of carbonyl (C=O) groups is 1. The number of amides is 1. The first-order valence-corrected chi connectivity index (χ1v) is 8.38. The van der Waals surface area contributed by atoms with E-state index in [1.807, 2.05) is 24.3 Å². The van der Waals surface area contributed by atoms with Crippen LogP contribution in [0.4, 0.5) is 10.1 Å². The number of hydrogen-bond donors (Lipinski definition) is 1. The molecule has 1 N–H and O–H groups in total. The Morgan fingerprint density at radius 2 is 2.15 bits per heavy atom. The van der Waals surface area contributed by atoms with Crippen molar-refractivity contribution in [3.05, 3.63) is 66.4 Å². The van der Waals surface area contributed by atoms with Crippen molar-refractivity contribution in [2.24, 2.45) is 5.92 Å². The number of halogens is 1. The van der Waals surface area contributed by atoms with Gasteiger partial charge in [0.2, 0.25) is 5.91 Å². The summed E-state index contributed by atoms with van der Waals surface area (Å²) in [7, 11) is 0. The minimum atomic E-state index is -0.477. The van der Waals surface area contributed by atoms with Gasteiger partial charge in [-0.3, -0.25) is 4.79 Å². The number of anilines is 1. The first-order chi connectivity index (χ1) is 12.7. The smallest absolute Gasteiger partial charge is 0.224 e. The van der Waals surface area contributed by atoms with Crippen LogP contribution in [-0.4, -0.2) is 17.5 Å². The lowest BCUT2D eigenvalue weighted by Crippen LogP contribution is -2.26. The molecule has 1 unspecified atom stereocenters. The zero-order valence-electron chi connectivity index (χ0n) is 13.9. The highest BCUT2D eigenvalue weighted by Gasteiger charge is 2.22. The minimum Gasteiger partial charge on any atom is -0.493 e. The van der Waals surface area contributed by atoms with Crippen LogP contribution < -0.4 is 10.1 Å². The molecule has 0 fully saturated rings. The van der Waals surface area contributed by atoms with Gasteiger partial charge in [-0.05, 0) is 36.2 Å². The predicted molar refractivity (Wildman–Crippen MR) is 94.3 cm³/mol. The Morgan fingerprint density at radius 1 is 1.27 bits per heavy atom. The lowest BCUT2D eigenvalue weighted by atomic mass is 9.94. The van der Waals surface area contributed by atoms with Crippen LogP contribution in [0.2, 0.25) is 0 Å². The van der Waals surface area contributed by atoms with E-state index in [9.17, 15) is 9.18 Å². The maximum absolute atomic E-state index is 14.2. The molecule has 0 saturated carbocycles. The van der Waals surface area contributed by atoms with Crippen LogP contribution in [-0.2, 0) is 11.2 Å². The fourth-order valence-electron chi connectivity index (χ4n) is 3.14. The average molecular weight is 352 g/mol. The summed E-state index contributed by atoms with van der Waals surface area (Å²) in [5.74, 6) is 0.690. The molecule has 0 spiro atoms. The number of nitrogens with zero attached hydrogens (tertiary/aromatic N) is 1. The highest BCUT2D eigenvalue weighted by Crippen LogP contribution is 2.29. The Kier molecular flexibility index (Phi) is 4.39. The maximum atomic E-state index is 14.2. The summed E-state index contributed by atoms with van der Waals surface area (Å²) in [6.07, 6.45) is 3.80. The molecule has 2 aromatic carbocycles. The van der Waals surface area contributed by atoms with E-state index < -0.39 is 5.82 Å². The molecule has 1 aromatic heterocycles. The van der Waals surface area contributed by atoms with E-state index in [-0.39, 0.29) is 11.8 Å². The quantitative estimate of drug-likeness (QED) is 0.769. The summed E-state index contributed by atoms with van der Waals surface area (Å²) in [5, 5.41) is 2.75. The summed E-state index contributed by atoms with van der Waals surface area (Å²) in [4.78, 5) is 16.1. The molecule has 132 valence electrons. The van der Waals surface area contributed by atoms with Gasteiger partial charge >= 0.3 is 0 Å². The van der Waals surface area contributed by atoms with Gasteiger partial charge in [0.05, 0.1) is 18.4 Å². The largest absolute Gasteiger partial charge is 0.493 e. The Labute approximate surface area is 149 Å². The van der Waals surface area contributed by atoms with Crippen LogP contribution in [0.25, 0.3) is 11.3 Å². The molecule has 0 aliphatic carbocycles. The first kappa shape index (κ1) is 16.3. The van der Waals surface area contributed by atoms with E-state index in [1.54, 1.807) is 12.1 Å². The monoisotopic (exact) mass is 352 g/mol. The molecule has 0 saturated heterocycles. The average Bonchev–Trinajstić information content (AvgIpc) is 3.16. The van der Waals surface area contributed by atoms with E-state index >= 15 is 0 Å². The highest BCUT2D eigenvalue weighted by molar-refractivity contribution is 5.91. The number of para-hydroxylation sites is 1. The topological polar surface area (TPSA) is 64.4 Å². The molecule has 2 heterocycles. The van der Waals surface area contributed by atoms with Crippen LogP contribution in [0.1, 0.15) is 12.0 Å². The second-order valence-corrected chi connectivity index (χ2v) is 6.30. The lowest BCUT2D eigenvalue weighted by Gasteiger charge is -2.24. The fourth-order valence-corrected chi connectivity index (χ4v) is 3.14. The van der Waals surface area contributed by atoms with Gasteiger partial charge in [-0.15, -0.1) is 0 Å². The molecule has 1 amide bonds. The van der Waals surface area contributed by atoms with E-state index in [0.717, 1.165) is 17.7 Å². The minimum absolute atomic E-state index is 0.100. The van der Waals surface area contributed by atoms with Crippen molar-refractivity contribution in [3.63, 3.8) is 0 Å². The number of oxazole rings is 1. The van der Waals surface area contributed by atoms with Gasteiger partial charge in [-0.1, -0.05) is 18.2 Å². The first-order valence-electron chi connectivity index (χ1n) is 8.38. The van der Waals surface area contributed by atoms with Crippen molar-refractivity contribution in [2.45, 2.75) is 12.8 Å². The van der Waals surface area contributed by atoms with Crippen LogP contribution >= 0.6 is 0 Å². The van der Waals surface area contributed by atoms with Crippen molar-refractivity contribution >= 4 is 11.6 Å². The summed E-state index contributed by atoms with van der Waals surface area (Å²) in [6.45, 7) is 0.503. The van der Waals surface area contributed by atoms with E-state index in [1.165, 1.54) is 18.7 Å². The summed E-state index contributed by atoms with van der Waals surface area (Å²) in [5.41, 5.74) is 1.82. The van der Waals surface area contributed by atoms with Gasteiger partial charge in [-0.25, -0.2) is 9.37 Å². The van der Waals surface area contributed by atoms with Gasteiger partial charge in [0.15, 0.2) is 12.2 Å². The van der Waals surface area contributed by atoms with Crippen LogP contribution in [0.15, 0.2) is 59.5 Å². The molecule has 0 radical (unpaired) electrons. The molecular weight excluding hydrogens is 335 g/mol. The van der Waals surface area contributed by atoms with E-state index in [4.69, 9.17) is 9.15 Å². The third kappa shape index (κ3) is 3.44. The molecule has 26 heavy (non-hydrogen) atoms. The number of benzene rings is 2. The number of fused-ring (bicyclic) bond motifs is 1. The number of ether oxygens (including phenoxy) is 1. The van der Waals surface area contributed by atoms with Gasteiger partial charge < -0.3 is 14.5 Å². The molecule has 1 aliphatic heterocycles. The van der Waals surface area contributed by atoms with Crippen molar-refractivity contribution < 1.29 is 18.3 Å². The second kappa shape index (κ2) is 7.00. The maximum Gasteiger partial charge on any atom is 0.224 e. The Morgan fingerprint density at radius 3 is 2.96 bits per heavy atom. The van der Waals surface area contributed by atoms with Crippen LogP contribution in [0, 0.1) is 11.7 Å². The number of nitrogens with one attached hydrogen (secondary N) is 1. The van der Waals surface area contributed by atoms with Gasteiger partial charge in [0.25, 0.3) is 0 Å². The van der Waals surface area contributed by atoms with E-state index in [2.05, 4.69) is 10.3 Å². The molecule has 3 aromatic rings. The molecule has 4 rings (SSSR count). The van der Waals surface area contributed by atoms with Gasteiger partial charge in [0, 0.05) is 18.0 Å². The molecule has 1 aliphatic rings. The van der Waals surface area contributed by atoms with Crippen molar-refractivity contribution in [1.29, 1.82) is 0 Å². The Balaban J connectivity index is 1.39. The standard InChI is InChI=1S/C20H17FN2O3/c21-17-9-15(5-6-16(17)19-10-22-12-26-19)23-20(24)8-13-7-14-3-1-2-4-18(14)25-11-13/h1-6,9-10,12-13H,7-8,11H2,(H,23,24). The number of aromatic nitrogens is 1. The van der Waals surface area contributed by atoms with Crippen LogP contribution in [0.3, 0.4) is 0 Å². The SMILES string of the molecule is O=C(CC1COc2ccccc2C1)Nc1ccc(-c2cnco2)c(F)c1. The third-order valence-electron chi connectivity index (χ3n) is 4.38. The number of carbonyl (C=O) groups excluding carboxylic acids is 1. The van der Waals surface area contributed by atoms with Gasteiger partial charge in [-0.2, -0.15) is 0 Å². The van der Waals surface area contributed by atoms with Crippen LogP contribution in [0.5, 0.6) is 5.75 Å². The fraction of sp³-hybridized carbons (Fsp3) is 0.200. The van der Waals surface area contributed by atoms with Crippen molar-refractivity contribution in [1.82, 2.24) is 4.98 Å². The Hall–Kier alpha value is -3.15. The molecular formula is C20H17FN2O3. The normalized spacial score (nSPS) is 15.8. The van der Waals surface area contributed by atoms with E-state index in [0.29, 0.717) is 30.0 Å². The second-order valence-electron chi connectivity index (χ2n) is 6.30. The highest BCUT2D eigenvalue weighted by atomic mass is 19.1. The number of hydrogen-bond acceptors (Lipinski definition) is 4. The van der Waals surface area contributed by atoms with Crippen molar-refractivity contribution in [3.8, 4) is 17.1 Å². The molecule has 0 bridgehead atoms. The third-order valence-corrected chi connectivity index (χ3v) is 4.38. The molecule has 5 nitrogen and oxygen atoms in total. The molecule has 6 heteroatoms. The molecule has 1 atom stereocenters. The van der Waals surface area contributed by atoms with Crippen molar-refractivity contribution in [2.75, 3.05) is 11.9 Å². The zero-order chi connectivity index (χ0) is 17.9. The summed E-state index contributed by atoms with van der Waals surface area (Å²) < 4.78 is 25.0. The summed E-state index contributed by atoms with van der Waals surface area (Å²) in [6, 6.07) is 12.3. The lowest BCUT2D eigenvalue weighted by molar-refractivity contribution is -0.117. The number of rotatable bonds is 4. The summed E-state index contributed by atoms with van der Waals surface area (Å²) >= 11 is 0. The zero-order valence-corrected chi connectivity index (χ0v) is 13.9. The Bertz CT molecular complexity index is 925.